The summed E-state index contributed by atoms with van der Waals surface area (Å²) in [4.78, 5) is 14.0. The van der Waals surface area contributed by atoms with E-state index >= 15 is 0 Å². The van der Waals surface area contributed by atoms with Gasteiger partial charge in [0.05, 0.1) is 12.1 Å². The average molecular weight is 231 g/mol. The molecule has 0 spiro atoms. The van der Waals surface area contributed by atoms with Crippen molar-refractivity contribution in [3.63, 3.8) is 0 Å². The maximum absolute atomic E-state index is 12.4. The van der Waals surface area contributed by atoms with Gasteiger partial charge in [0, 0.05) is 12.7 Å². The quantitative estimate of drug-likeness (QED) is 0.707. The van der Waals surface area contributed by atoms with E-state index in [4.69, 9.17) is 16.6 Å². The van der Waals surface area contributed by atoms with Gasteiger partial charge in [-0.1, -0.05) is 0 Å². The minimum atomic E-state index is -2.80. The van der Waals surface area contributed by atoms with Crippen LogP contribution in [0.15, 0.2) is 6.20 Å². The average Bonchev–Trinajstić information content (AvgIpc) is 2.16. The van der Waals surface area contributed by atoms with E-state index in [2.05, 4.69) is 4.98 Å². The molecule has 0 radical (unpaired) electrons. The van der Waals surface area contributed by atoms with Gasteiger partial charge in [0.2, 0.25) is 0 Å². The lowest BCUT2D eigenvalue weighted by Gasteiger charge is -2.12. The first-order valence-electron chi connectivity index (χ1n) is 4.43. The molecule has 0 aliphatic heterocycles. The van der Waals surface area contributed by atoms with Gasteiger partial charge in [-0.05, 0) is 11.1 Å². The SMILES string of the molecule is NCc1c(CC(=O)O)cnc(C(F)F)c1N. The molecule has 1 aromatic rings. The van der Waals surface area contributed by atoms with Gasteiger partial charge >= 0.3 is 5.97 Å². The third kappa shape index (κ3) is 2.43. The summed E-state index contributed by atoms with van der Waals surface area (Å²) >= 11 is 0. The predicted molar refractivity (Wildman–Crippen MR) is 52.8 cm³/mol. The van der Waals surface area contributed by atoms with Crippen LogP contribution in [0, 0.1) is 0 Å². The second kappa shape index (κ2) is 4.84. The van der Waals surface area contributed by atoms with Crippen LogP contribution in [0.5, 0.6) is 0 Å². The number of carbonyl (C=O) groups is 1. The Hall–Kier alpha value is -1.76. The standard InChI is InChI=1S/C9H11F2N3O2/c10-9(11)8-7(13)5(2-12)4(3-14-8)1-6(15)16/h3,9H,1-2,12-13H2,(H,15,16). The summed E-state index contributed by atoms with van der Waals surface area (Å²) in [5.74, 6) is -1.10. The molecule has 0 unspecified atom stereocenters. The van der Waals surface area contributed by atoms with Gasteiger partial charge < -0.3 is 16.6 Å². The number of nitrogens with zero attached hydrogens (tertiary/aromatic N) is 1. The van der Waals surface area contributed by atoms with Crippen molar-refractivity contribution in [1.82, 2.24) is 4.98 Å². The molecule has 0 bridgehead atoms. The zero-order chi connectivity index (χ0) is 12.3. The molecule has 0 saturated carbocycles. The molecule has 5 N–H and O–H groups in total. The van der Waals surface area contributed by atoms with Crippen molar-refractivity contribution in [2.45, 2.75) is 19.4 Å². The topological polar surface area (TPSA) is 102 Å². The van der Waals surface area contributed by atoms with E-state index in [9.17, 15) is 13.6 Å². The number of aliphatic carboxylic acids is 1. The summed E-state index contributed by atoms with van der Waals surface area (Å²) in [6, 6.07) is 0. The molecule has 1 aromatic heterocycles. The van der Waals surface area contributed by atoms with Gasteiger partial charge in [0.1, 0.15) is 5.69 Å². The monoisotopic (exact) mass is 231 g/mol. The second-order valence-electron chi connectivity index (χ2n) is 3.14. The lowest BCUT2D eigenvalue weighted by molar-refractivity contribution is -0.136. The van der Waals surface area contributed by atoms with Crippen LogP contribution >= 0.6 is 0 Å². The molecule has 0 aliphatic carbocycles. The first-order valence-corrected chi connectivity index (χ1v) is 4.43. The van der Waals surface area contributed by atoms with E-state index < -0.39 is 18.1 Å². The van der Waals surface area contributed by atoms with E-state index in [1.165, 1.54) is 0 Å². The lowest BCUT2D eigenvalue weighted by Crippen LogP contribution is -2.13. The number of halogens is 2. The first-order chi connectivity index (χ1) is 7.47. The Balaban J connectivity index is 3.23. The minimum absolute atomic E-state index is 0.101. The Morgan fingerprint density at radius 3 is 2.62 bits per heavy atom. The third-order valence-electron chi connectivity index (χ3n) is 2.10. The van der Waals surface area contributed by atoms with Crippen molar-refractivity contribution in [2.75, 3.05) is 5.73 Å². The van der Waals surface area contributed by atoms with Crippen LogP contribution in [-0.4, -0.2) is 16.1 Å². The lowest BCUT2D eigenvalue weighted by atomic mass is 10.0. The number of alkyl halides is 2. The molecule has 1 rings (SSSR count). The molecule has 1 heterocycles. The molecular weight excluding hydrogens is 220 g/mol. The number of rotatable bonds is 4. The van der Waals surface area contributed by atoms with Crippen molar-refractivity contribution < 1.29 is 18.7 Å². The zero-order valence-electron chi connectivity index (χ0n) is 8.28. The van der Waals surface area contributed by atoms with E-state index in [-0.39, 0.29) is 29.8 Å². The van der Waals surface area contributed by atoms with Crippen molar-refractivity contribution in [3.8, 4) is 0 Å². The number of carboxylic acids is 1. The minimum Gasteiger partial charge on any atom is -0.481 e. The summed E-state index contributed by atoms with van der Waals surface area (Å²) in [7, 11) is 0. The molecular formula is C9H11F2N3O2. The number of carboxylic acid groups (broad SMARTS) is 1. The van der Waals surface area contributed by atoms with E-state index in [1.807, 2.05) is 0 Å². The zero-order valence-corrected chi connectivity index (χ0v) is 8.28. The van der Waals surface area contributed by atoms with Crippen LogP contribution in [0.3, 0.4) is 0 Å². The Morgan fingerprint density at radius 1 is 1.56 bits per heavy atom. The van der Waals surface area contributed by atoms with E-state index in [0.717, 1.165) is 6.20 Å². The van der Waals surface area contributed by atoms with Crippen LogP contribution in [-0.2, 0) is 17.8 Å². The molecule has 0 saturated heterocycles. The summed E-state index contributed by atoms with van der Waals surface area (Å²) in [5, 5.41) is 8.60. The highest BCUT2D eigenvalue weighted by Gasteiger charge is 2.18. The van der Waals surface area contributed by atoms with Gasteiger partial charge in [0.15, 0.2) is 0 Å². The summed E-state index contributed by atoms with van der Waals surface area (Å²) < 4.78 is 24.9. The summed E-state index contributed by atoms with van der Waals surface area (Å²) in [5.41, 5.74) is 10.5. The number of anilines is 1. The largest absolute Gasteiger partial charge is 0.481 e. The highest BCUT2D eigenvalue weighted by molar-refractivity contribution is 5.72. The predicted octanol–water partition coefficient (Wildman–Crippen LogP) is 0.687. The molecule has 0 atom stereocenters. The third-order valence-corrected chi connectivity index (χ3v) is 2.10. The fraction of sp³-hybridized carbons (Fsp3) is 0.333. The van der Waals surface area contributed by atoms with Gasteiger partial charge in [-0.25, -0.2) is 8.78 Å². The van der Waals surface area contributed by atoms with E-state index in [0.29, 0.717) is 0 Å². The smallest absolute Gasteiger partial charge is 0.307 e. The van der Waals surface area contributed by atoms with Crippen molar-refractivity contribution in [3.05, 3.63) is 23.0 Å². The number of hydrogen-bond donors (Lipinski definition) is 3. The number of nitrogen functional groups attached to an aromatic ring is 1. The van der Waals surface area contributed by atoms with Crippen LogP contribution in [0.2, 0.25) is 0 Å². The number of hydrogen-bond acceptors (Lipinski definition) is 4. The number of aromatic nitrogens is 1. The number of pyridine rings is 1. The van der Waals surface area contributed by atoms with Gasteiger partial charge in [-0.3, -0.25) is 9.78 Å². The molecule has 0 aliphatic rings. The highest BCUT2D eigenvalue weighted by Crippen LogP contribution is 2.27. The fourth-order valence-electron chi connectivity index (χ4n) is 1.35. The molecule has 88 valence electrons. The maximum Gasteiger partial charge on any atom is 0.307 e. The summed E-state index contributed by atoms with van der Waals surface area (Å²) in [6.07, 6.45) is -2.06. The Kier molecular flexibility index (Phi) is 3.73. The van der Waals surface area contributed by atoms with Gasteiger partial charge in [0.25, 0.3) is 6.43 Å². The Labute approximate surface area is 90.1 Å². The highest BCUT2D eigenvalue weighted by atomic mass is 19.3. The Morgan fingerprint density at radius 2 is 2.19 bits per heavy atom. The maximum atomic E-state index is 12.4. The van der Waals surface area contributed by atoms with Crippen molar-refractivity contribution in [1.29, 1.82) is 0 Å². The van der Waals surface area contributed by atoms with Gasteiger partial charge in [-0.2, -0.15) is 0 Å². The second-order valence-corrected chi connectivity index (χ2v) is 3.14. The number of nitrogens with two attached hydrogens (primary N) is 2. The molecule has 7 heteroatoms. The van der Waals surface area contributed by atoms with Gasteiger partial charge in [-0.15, -0.1) is 0 Å². The fourth-order valence-corrected chi connectivity index (χ4v) is 1.35. The van der Waals surface area contributed by atoms with Crippen LogP contribution in [0.1, 0.15) is 23.2 Å². The molecule has 5 nitrogen and oxygen atoms in total. The molecule has 16 heavy (non-hydrogen) atoms. The van der Waals surface area contributed by atoms with Crippen molar-refractivity contribution in [2.24, 2.45) is 5.73 Å². The van der Waals surface area contributed by atoms with Crippen molar-refractivity contribution >= 4 is 11.7 Å². The van der Waals surface area contributed by atoms with Crippen LogP contribution in [0.4, 0.5) is 14.5 Å². The molecule has 0 aromatic carbocycles. The molecule has 0 amide bonds. The normalized spacial score (nSPS) is 10.8. The first kappa shape index (κ1) is 12.3. The molecule has 0 fully saturated rings. The van der Waals surface area contributed by atoms with Crippen LogP contribution in [0.25, 0.3) is 0 Å². The van der Waals surface area contributed by atoms with Crippen LogP contribution < -0.4 is 11.5 Å². The Bertz CT molecular complexity index is 410. The van der Waals surface area contributed by atoms with E-state index in [1.54, 1.807) is 0 Å². The summed E-state index contributed by atoms with van der Waals surface area (Å²) in [6.45, 7) is -0.101.